The van der Waals surface area contributed by atoms with Crippen LogP contribution in [0.25, 0.3) is 0 Å². The van der Waals surface area contributed by atoms with Crippen molar-refractivity contribution in [2.24, 2.45) is 4.99 Å². The van der Waals surface area contributed by atoms with Crippen molar-refractivity contribution in [3.05, 3.63) is 16.1 Å². The van der Waals surface area contributed by atoms with Gasteiger partial charge < -0.3 is 15.5 Å². The topological polar surface area (TPSA) is 69.6 Å². The Kier molecular flexibility index (Phi) is 6.83. The van der Waals surface area contributed by atoms with Crippen molar-refractivity contribution in [1.82, 2.24) is 20.5 Å². The molecule has 0 spiro atoms. The third-order valence-electron chi connectivity index (χ3n) is 3.91. The Morgan fingerprint density at radius 2 is 2.09 bits per heavy atom. The van der Waals surface area contributed by atoms with Crippen LogP contribution in [0.3, 0.4) is 0 Å². The summed E-state index contributed by atoms with van der Waals surface area (Å²) in [4.78, 5) is 22.8. The first-order valence-corrected chi connectivity index (χ1v) is 9.14. The lowest BCUT2D eigenvalue weighted by Crippen LogP contribution is -2.45. The van der Waals surface area contributed by atoms with Gasteiger partial charge in [-0.25, -0.2) is 4.98 Å². The number of likely N-dealkylation sites (tertiary alicyclic amines) is 1. The van der Waals surface area contributed by atoms with Crippen molar-refractivity contribution in [1.29, 1.82) is 0 Å². The van der Waals surface area contributed by atoms with Crippen LogP contribution in [0.1, 0.15) is 49.7 Å². The van der Waals surface area contributed by atoms with E-state index in [9.17, 15) is 4.79 Å². The number of nitrogens with one attached hydrogen (secondary N) is 2. The van der Waals surface area contributed by atoms with Gasteiger partial charge in [0.1, 0.15) is 5.01 Å². The molecule has 23 heavy (non-hydrogen) atoms. The second-order valence-corrected chi connectivity index (χ2v) is 6.98. The van der Waals surface area contributed by atoms with Gasteiger partial charge in [-0.1, -0.05) is 13.8 Å². The average Bonchev–Trinajstić information content (AvgIpc) is 3.05. The molecular formula is C16H27N5OS. The van der Waals surface area contributed by atoms with E-state index in [0.717, 1.165) is 36.6 Å². The van der Waals surface area contributed by atoms with Crippen molar-refractivity contribution >= 4 is 23.2 Å². The molecule has 0 saturated carbocycles. The average molecular weight is 337 g/mol. The molecule has 128 valence electrons. The summed E-state index contributed by atoms with van der Waals surface area (Å²) in [6, 6.07) is 0. The Hall–Kier alpha value is -1.63. The fourth-order valence-electron chi connectivity index (χ4n) is 2.47. The highest BCUT2D eigenvalue weighted by Crippen LogP contribution is 2.17. The summed E-state index contributed by atoms with van der Waals surface area (Å²) in [5.74, 6) is 1.22. The van der Waals surface area contributed by atoms with Gasteiger partial charge in [0.15, 0.2) is 5.96 Å². The predicted molar refractivity (Wildman–Crippen MR) is 94.8 cm³/mol. The van der Waals surface area contributed by atoms with Crippen molar-refractivity contribution in [3.63, 3.8) is 0 Å². The zero-order chi connectivity index (χ0) is 16.7. The Morgan fingerprint density at radius 3 is 2.70 bits per heavy atom. The molecule has 0 unspecified atom stereocenters. The molecule has 6 nitrogen and oxygen atoms in total. The van der Waals surface area contributed by atoms with E-state index < -0.39 is 0 Å². The monoisotopic (exact) mass is 337 g/mol. The van der Waals surface area contributed by atoms with Gasteiger partial charge in [-0.05, 0) is 25.2 Å². The Bertz CT molecular complexity index is 534. The van der Waals surface area contributed by atoms with Gasteiger partial charge in [0, 0.05) is 25.5 Å². The molecule has 2 rings (SSSR count). The second kappa shape index (κ2) is 8.86. The van der Waals surface area contributed by atoms with Gasteiger partial charge in [0.25, 0.3) is 0 Å². The first-order valence-electron chi connectivity index (χ1n) is 8.26. The summed E-state index contributed by atoms with van der Waals surface area (Å²) in [7, 11) is 1.71. The van der Waals surface area contributed by atoms with Crippen LogP contribution < -0.4 is 10.6 Å². The zero-order valence-corrected chi connectivity index (χ0v) is 15.1. The van der Waals surface area contributed by atoms with Crippen LogP contribution in [0.4, 0.5) is 0 Å². The third kappa shape index (κ3) is 5.49. The number of rotatable bonds is 5. The van der Waals surface area contributed by atoms with Crippen molar-refractivity contribution in [2.75, 3.05) is 26.7 Å². The maximum Gasteiger partial charge on any atom is 0.241 e. The van der Waals surface area contributed by atoms with E-state index in [4.69, 9.17) is 0 Å². The van der Waals surface area contributed by atoms with Crippen LogP contribution in [0, 0.1) is 0 Å². The lowest BCUT2D eigenvalue weighted by atomic mass is 10.1. The summed E-state index contributed by atoms with van der Waals surface area (Å²) < 4.78 is 0. The van der Waals surface area contributed by atoms with Crippen LogP contribution in [0.15, 0.2) is 10.4 Å². The molecule has 1 fully saturated rings. The Balaban J connectivity index is 1.75. The van der Waals surface area contributed by atoms with Crippen LogP contribution in [-0.4, -0.2) is 48.4 Å². The number of nitrogens with zero attached hydrogens (tertiary/aromatic N) is 3. The van der Waals surface area contributed by atoms with Crippen molar-refractivity contribution in [3.8, 4) is 0 Å². The molecule has 0 aromatic carbocycles. The number of guanidine groups is 1. The van der Waals surface area contributed by atoms with E-state index in [-0.39, 0.29) is 12.5 Å². The Labute approximate surface area is 142 Å². The fraction of sp³-hybridized carbons (Fsp3) is 0.688. The number of amides is 1. The summed E-state index contributed by atoms with van der Waals surface area (Å²) in [6.45, 7) is 6.94. The molecular weight excluding hydrogens is 310 g/mol. The van der Waals surface area contributed by atoms with E-state index in [1.165, 1.54) is 6.42 Å². The van der Waals surface area contributed by atoms with Crippen LogP contribution in [-0.2, 0) is 11.3 Å². The summed E-state index contributed by atoms with van der Waals surface area (Å²) >= 11 is 1.65. The molecule has 1 saturated heterocycles. The van der Waals surface area contributed by atoms with E-state index in [2.05, 4.69) is 39.8 Å². The minimum atomic E-state index is 0.143. The Morgan fingerprint density at radius 1 is 1.35 bits per heavy atom. The second-order valence-electron chi connectivity index (χ2n) is 6.04. The first-order chi connectivity index (χ1) is 11.1. The molecule has 1 aliphatic heterocycles. The summed E-state index contributed by atoms with van der Waals surface area (Å²) in [5.41, 5.74) is 1.12. The molecule has 1 aromatic heterocycles. The number of aromatic nitrogens is 1. The zero-order valence-electron chi connectivity index (χ0n) is 14.3. The number of carbonyl (C=O) groups is 1. The van der Waals surface area contributed by atoms with Crippen molar-refractivity contribution < 1.29 is 4.79 Å². The van der Waals surface area contributed by atoms with Gasteiger partial charge in [0.2, 0.25) is 5.91 Å². The van der Waals surface area contributed by atoms with Crippen LogP contribution >= 0.6 is 11.3 Å². The molecule has 2 heterocycles. The standard InChI is InChI=1S/C16H27N5OS/c1-12(2)13-11-23-14(20-13)9-18-16(17-3)19-10-15(22)21-7-5-4-6-8-21/h11-12H,4-10H2,1-3H3,(H2,17,18,19). The number of thiazole rings is 1. The van der Waals surface area contributed by atoms with Gasteiger partial charge >= 0.3 is 0 Å². The molecule has 1 amide bonds. The van der Waals surface area contributed by atoms with E-state index in [0.29, 0.717) is 18.4 Å². The van der Waals surface area contributed by atoms with Crippen molar-refractivity contribution in [2.45, 2.75) is 45.6 Å². The minimum absolute atomic E-state index is 0.143. The lowest BCUT2D eigenvalue weighted by molar-refractivity contribution is -0.130. The number of piperidine rings is 1. The highest BCUT2D eigenvalue weighted by molar-refractivity contribution is 7.09. The first kappa shape index (κ1) is 17.7. The third-order valence-corrected chi connectivity index (χ3v) is 4.77. The molecule has 1 aliphatic rings. The smallest absolute Gasteiger partial charge is 0.241 e. The molecule has 0 atom stereocenters. The van der Waals surface area contributed by atoms with Gasteiger partial charge in [-0.3, -0.25) is 9.79 Å². The summed E-state index contributed by atoms with van der Waals surface area (Å²) in [5, 5.41) is 9.43. The quantitative estimate of drug-likeness (QED) is 0.636. The predicted octanol–water partition coefficient (Wildman–Crippen LogP) is 1.94. The number of hydrogen-bond donors (Lipinski definition) is 2. The van der Waals surface area contributed by atoms with Crippen LogP contribution in [0.2, 0.25) is 0 Å². The molecule has 0 aliphatic carbocycles. The lowest BCUT2D eigenvalue weighted by Gasteiger charge is -2.27. The molecule has 1 aromatic rings. The number of aliphatic imine (C=N–C) groups is 1. The summed E-state index contributed by atoms with van der Waals surface area (Å²) in [6.07, 6.45) is 3.45. The minimum Gasteiger partial charge on any atom is -0.350 e. The number of carbonyl (C=O) groups excluding carboxylic acids is 1. The molecule has 0 radical (unpaired) electrons. The molecule has 2 N–H and O–H groups in total. The normalized spacial score (nSPS) is 15.8. The number of hydrogen-bond acceptors (Lipinski definition) is 4. The van der Waals surface area contributed by atoms with Crippen LogP contribution in [0.5, 0.6) is 0 Å². The van der Waals surface area contributed by atoms with E-state index >= 15 is 0 Å². The van der Waals surface area contributed by atoms with Gasteiger partial charge in [-0.2, -0.15) is 0 Å². The maximum absolute atomic E-state index is 12.1. The fourth-order valence-corrected chi connectivity index (χ4v) is 3.36. The highest BCUT2D eigenvalue weighted by atomic mass is 32.1. The van der Waals surface area contributed by atoms with E-state index in [1.54, 1.807) is 18.4 Å². The molecule has 7 heteroatoms. The molecule has 0 bridgehead atoms. The maximum atomic E-state index is 12.1. The van der Waals surface area contributed by atoms with Gasteiger partial charge in [-0.15, -0.1) is 11.3 Å². The largest absolute Gasteiger partial charge is 0.350 e. The van der Waals surface area contributed by atoms with E-state index in [1.807, 2.05) is 4.90 Å². The SMILES string of the molecule is CN=C(NCC(=O)N1CCCCC1)NCc1nc(C(C)C)cs1. The van der Waals surface area contributed by atoms with Gasteiger partial charge in [0.05, 0.1) is 18.8 Å². The highest BCUT2D eigenvalue weighted by Gasteiger charge is 2.16.